The Hall–Kier alpha value is -0.730. The molecule has 0 aromatic heterocycles. The van der Waals surface area contributed by atoms with Crippen LogP contribution < -0.4 is 0 Å². The summed E-state index contributed by atoms with van der Waals surface area (Å²) in [5.41, 5.74) is 2.18. The standard InChI is InChI=1S/C11H11Cl2NO/c1-7-11-8(2-3-14(7)6-15)4-9(12)5-10(11)13/h4-7H,2-3H2,1H3. The van der Waals surface area contributed by atoms with E-state index in [2.05, 4.69) is 0 Å². The SMILES string of the molecule is CC1c2c(Cl)cc(Cl)cc2CCN1C=O. The number of benzene rings is 1. The third kappa shape index (κ3) is 1.84. The fraction of sp³-hybridized carbons (Fsp3) is 0.364. The summed E-state index contributed by atoms with van der Waals surface area (Å²) in [6.07, 6.45) is 1.69. The highest BCUT2D eigenvalue weighted by atomic mass is 35.5. The van der Waals surface area contributed by atoms with Gasteiger partial charge in [-0.05, 0) is 36.6 Å². The van der Waals surface area contributed by atoms with Crippen molar-refractivity contribution in [2.24, 2.45) is 0 Å². The summed E-state index contributed by atoms with van der Waals surface area (Å²) in [5.74, 6) is 0. The average Bonchev–Trinajstić information content (AvgIpc) is 2.17. The highest BCUT2D eigenvalue weighted by Crippen LogP contribution is 2.35. The van der Waals surface area contributed by atoms with Crippen LogP contribution in [0.3, 0.4) is 0 Å². The first kappa shape index (κ1) is 10.8. The van der Waals surface area contributed by atoms with Crippen LogP contribution in [-0.2, 0) is 11.2 Å². The van der Waals surface area contributed by atoms with Gasteiger partial charge in [-0.3, -0.25) is 4.79 Å². The van der Waals surface area contributed by atoms with Gasteiger partial charge < -0.3 is 4.90 Å². The molecule has 1 atom stereocenters. The molecule has 15 heavy (non-hydrogen) atoms. The molecule has 2 rings (SSSR count). The summed E-state index contributed by atoms with van der Waals surface area (Å²) in [7, 11) is 0. The Morgan fingerprint density at radius 1 is 1.47 bits per heavy atom. The van der Waals surface area contributed by atoms with Crippen molar-refractivity contribution >= 4 is 29.6 Å². The Morgan fingerprint density at radius 3 is 2.87 bits per heavy atom. The molecule has 1 aliphatic rings. The number of carbonyl (C=O) groups excluding carboxylic acids is 1. The number of carbonyl (C=O) groups is 1. The van der Waals surface area contributed by atoms with Gasteiger partial charge >= 0.3 is 0 Å². The number of nitrogens with zero attached hydrogens (tertiary/aromatic N) is 1. The quantitative estimate of drug-likeness (QED) is 0.695. The van der Waals surface area contributed by atoms with E-state index < -0.39 is 0 Å². The van der Waals surface area contributed by atoms with Crippen molar-refractivity contribution in [1.29, 1.82) is 0 Å². The summed E-state index contributed by atoms with van der Waals surface area (Å²) < 4.78 is 0. The molecule has 2 nitrogen and oxygen atoms in total. The molecular formula is C11H11Cl2NO. The zero-order chi connectivity index (χ0) is 11.0. The van der Waals surface area contributed by atoms with Crippen LogP contribution in [-0.4, -0.2) is 17.9 Å². The smallest absolute Gasteiger partial charge is 0.210 e. The Bertz CT molecular complexity index is 406. The fourth-order valence-corrected chi connectivity index (χ4v) is 2.76. The predicted molar refractivity (Wildman–Crippen MR) is 61.4 cm³/mol. The maximum Gasteiger partial charge on any atom is 0.210 e. The number of amides is 1. The van der Waals surface area contributed by atoms with Gasteiger partial charge in [0.1, 0.15) is 0 Å². The van der Waals surface area contributed by atoms with Crippen molar-refractivity contribution in [3.05, 3.63) is 33.3 Å². The minimum Gasteiger partial charge on any atom is -0.338 e. The zero-order valence-corrected chi connectivity index (χ0v) is 9.85. The molecule has 4 heteroatoms. The van der Waals surface area contributed by atoms with E-state index in [9.17, 15) is 4.79 Å². The van der Waals surface area contributed by atoms with E-state index in [-0.39, 0.29) is 6.04 Å². The maximum atomic E-state index is 10.8. The van der Waals surface area contributed by atoms with Gasteiger partial charge in [0.05, 0.1) is 6.04 Å². The van der Waals surface area contributed by atoms with Crippen molar-refractivity contribution < 1.29 is 4.79 Å². The van der Waals surface area contributed by atoms with Gasteiger partial charge in [0.15, 0.2) is 0 Å². The molecule has 1 aromatic carbocycles. The lowest BCUT2D eigenvalue weighted by Gasteiger charge is -2.33. The lowest BCUT2D eigenvalue weighted by Crippen LogP contribution is -2.32. The Kier molecular flexibility index (Phi) is 2.89. The van der Waals surface area contributed by atoms with Gasteiger partial charge in [0.25, 0.3) is 0 Å². The summed E-state index contributed by atoms with van der Waals surface area (Å²) in [4.78, 5) is 12.6. The van der Waals surface area contributed by atoms with Gasteiger partial charge in [-0.2, -0.15) is 0 Å². The number of fused-ring (bicyclic) bond motifs is 1. The molecule has 1 amide bonds. The van der Waals surface area contributed by atoms with Crippen LogP contribution in [0, 0.1) is 0 Å². The van der Waals surface area contributed by atoms with Crippen molar-refractivity contribution in [3.63, 3.8) is 0 Å². The Balaban J connectivity index is 2.51. The van der Waals surface area contributed by atoms with E-state index in [1.54, 1.807) is 11.0 Å². The predicted octanol–water partition coefficient (Wildman–Crippen LogP) is 3.07. The van der Waals surface area contributed by atoms with Crippen LogP contribution in [0.4, 0.5) is 0 Å². The van der Waals surface area contributed by atoms with Gasteiger partial charge in [-0.25, -0.2) is 0 Å². The van der Waals surface area contributed by atoms with Crippen molar-refractivity contribution in [2.45, 2.75) is 19.4 Å². The third-order valence-corrected chi connectivity index (χ3v) is 3.40. The molecule has 1 aromatic rings. The molecule has 0 fully saturated rings. The molecular weight excluding hydrogens is 233 g/mol. The van der Waals surface area contributed by atoms with E-state index >= 15 is 0 Å². The molecule has 0 saturated carbocycles. The monoisotopic (exact) mass is 243 g/mol. The molecule has 0 radical (unpaired) electrons. The largest absolute Gasteiger partial charge is 0.338 e. The summed E-state index contributed by atoms with van der Waals surface area (Å²) >= 11 is 12.1. The van der Waals surface area contributed by atoms with E-state index in [0.29, 0.717) is 10.0 Å². The molecule has 1 aliphatic heterocycles. The van der Waals surface area contributed by atoms with Crippen molar-refractivity contribution in [2.75, 3.05) is 6.54 Å². The molecule has 0 spiro atoms. The summed E-state index contributed by atoms with van der Waals surface area (Å²) in [6.45, 7) is 2.71. The molecule has 0 bridgehead atoms. The van der Waals surface area contributed by atoms with Crippen LogP contribution in [0.5, 0.6) is 0 Å². The second-order valence-corrected chi connectivity index (χ2v) is 4.57. The van der Waals surface area contributed by atoms with Gasteiger partial charge in [-0.1, -0.05) is 23.2 Å². The van der Waals surface area contributed by atoms with Crippen LogP contribution in [0.25, 0.3) is 0 Å². The average molecular weight is 244 g/mol. The van der Waals surface area contributed by atoms with Crippen LogP contribution in [0.15, 0.2) is 12.1 Å². The molecule has 1 unspecified atom stereocenters. The van der Waals surface area contributed by atoms with Gasteiger partial charge in [-0.15, -0.1) is 0 Å². The number of hydrogen-bond acceptors (Lipinski definition) is 1. The van der Waals surface area contributed by atoms with Gasteiger partial charge in [0, 0.05) is 16.6 Å². The molecule has 0 saturated heterocycles. The first-order valence-electron chi connectivity index (χ1n) is 4.82. The number of rotatable bonds is 1. The Morgan fingerprint density at radius 2 is 2.20 bits per heavy atom. The van der Waals surface area contributed by atoms with E-state index in [1.165, 1.54) is 0 Å². The second kappa shape index (κ2) is 4.03. The fourth-order valence-electron chi connectivity index (χ4n) is 2.07. The minimum absolute atomic E-state index is 0.0380. The lowest BCUT2D eigenvalue weighted by atomic mass is 9.94. The molecule has 80 valence electrons. The number of halogens is 2. The van der Waals surface area contributed by atoms with Crippen LogP contribution >= 0.6 is 23.2 Å². The second-order valence-electron chi connectivity index (χ2n) is 3.73. The normalized spacial score (nSPS) is 19.9. The first-order valence-corrected chi connectivity index (χ1v) is 5.58. The minimum atomic E-state index is 0.0380. The highest BCUT2D eigenvalue weighted by Gasteiger charge is 2.25. The van der Waals surface area contributed by atoms with Crippen molar-refractivity contribution in [3.8, 4) is 0 Å². The third-order valence-electron chi connectivity index (χ3n) is 2.87. The Labute approximate surface area is 98.8 Å². The van der Waals surface area contributed by atoms with E-state index in [1.807, 2.05) is 13.0 Å². The van der Waals surface area contributed by atoms with Crippen LogP contribution in [0.2, 0.25) is 10.0 Å². The maximum absolute atomic E-state index is 10.8. The van der Waals surface area contributed by atoms with Gasteiger partial charge in [0.2, 0.25) is 6.41 Å². The summed E-state index contributed by atoms with van der Waals surface area (Å²) in [6, 6.07) is 3.70. The lowest BCUT2D eigenvalue weighted by molar-refractivity contribution is -0.120. The van der Waals surface area contributed by atoms with Crippen molar-refractivity contribution in [1.82, 2.24) is 4.90 Å². The molecule has 0 aliphatic carbocycles. The molecule has 0 N–H and O–H groups in total. The zero-order valence-electron chi connectivity index (χ0n) is 8.34. The van der Waals surface area contributed by atoms with E-state index in [4.69, 9.17) is 23.2 Å². The first-order chi connectivity index (χ1) is 7.13. The number of hydrogen-bond donors (Lipinski definition) is 0. The van der Waals surface area contributed by atoms with E-state index in [0.717, 1.165) is 30.5 Å². The topological polar surface area (TPSA) is 20.3 Å². The highest BCUT2D eigenvalue weighted by molar-refractivity contribution is 6.35. The summed E-state index contributed by atoms with van der Waals surface area (Å²) in [5, 5.41) is 1.31. The molecule has 1 heterocycles. The van der Waals surface area contributed by atoms with Crippen LogP contribution in [0.1, 0.15) is 24.1 Å².